The van der Waals surface area contributed by atoms with Gasteiger partial charge >= 0.3 is 0 Å². The van der Waals surface area contributed by atoms with Gasteiger partial charge in [0.2, 0.25) is 11.8 Å². The van der Waals surface area contributed by atoms with Gasteiger partial charge in [-0.1, -0.05) is 26.2 Å². The van der Waals surface area contributed by atoms with Crippen molar-refractivity contribution < 1.29 is 14.4 Å². The first-order valence-corrected chi connectivity index (χ1v) is 8.60. The van der Waals surface area contributed by atoms with Gasteiger partial charge < -0.3 is 5.32 Å². The first-order valence-electron chi connectivity index (χ1n) is 8.60. The largest absolute Gasteiger partial charge is 0.326 e. The lowest BCUT2D eigenvalue weighted by Crippen LogP contribution is -2.41. The monoisotopic (exact) mass is 331 g/mol. The molecule has 0 aromatic heterocycles. The second-order valence-electron chi connectivity index (χ2n) is 6.15. The van der Waals surface area contributed by atoms with E-state index in [4.69, 9.17) is 0 Å². The van der Waals surface area contributed by atoms with Gasteiger partial charge in [0.05, 0.1) is 0 Å². The first-order chi connectivity index (χ1) is 11.6. The average molecular weight is 331 g/mol. The molecular formula is C18H25N3O3. The summed E-state index contributed by atoms with van der Waals surface area (Å²) < 4.78 is 0. The number of hydrogen-bond acceptors (Lipinski definition) is 3. The number of amides is 3. The summed E-state index contributed by atoms with van der Waals surface area (Å²) in [5.41, 5.74) is 5.91. The summed E-state index contributed by atoms with van der Waals surface area (Å²) in [6, 6.07) is 6.60. The summed E-state index contributed by atoms with van der Waals surface area (Å²) in [4.78, 5) is 35.2. The van der Waals surface area contributed by atoms with Gasteiger partial charge in [-0.15, -0.1) is 0 Å². The van der Waals surface area contributed by atoms with Crippen LogP contribution in [0.3, 0.4) is 0 Å². The highest BCUT2D eigenvalue weighted by Crippen LogP contribution is 2.30. The van der Waals surface area contributed by atoms with Crippen molar-refractivity contribution in [3.05, 3.63) is 29.8 Å². The number of hydrogen-bond donors (Lipinski definition) is 3. The van der Waals surface area contributed by atoms with E-state index in [1.807, 2.05) is 0 Å². The van der Waals surface area contributed by atoms with Crippen LogP contribution >= 0.6 is 0 Å². The lowest BCUT2D eigenvalue weighted by atomic mass is 10.1. The Hall–Kier alpha value is -2.37. The highest BCUT2D eigenvalue weighted by Gasteiger charge is 2.29. The third kappa shape index (κ3) is 6.02. The zero-order chi connectivity index (χ0) is 17.4. The molecule has 1 fully saturated rings. The minimum Gasteiger partial charge on any atom is -0.326 e. The van der Waals surface area contributed by atoms with E-state index in [-0.39, 0.29) is 23.6 Å². The van der Waals surface area contributed by atoms with Crippen LogP contribution in [0.5, 0.6) is 0 Å². The van der Waals surface area contributed by atoms with Crippen molar-refractivity contribution in [2.45, 2.75) is 51.9 Å². The Balaban J connectivity index is 1.71. The molecule has 0 heterocycles. The van der Waals surface area contributed by atoms with Crippen molar-refractivity contribution in [2.24, 2.45) is 5.92 Å². The molecule has 3 N–H and O–H groups in total. The number of nitrogens with one attached hydrogen (secondary N) is 3. The Labute approximate surface area is 142 Å². The Bertz CT molecular complexity index is 580. The standard InChI is InChI=1S/C18H25N3O3/c1-2-3-4-5-6-16(22)20-21-18(24)14-9-11-15(12-10-14)19-17(23)13-7-8-13/h9-13H,2-8H2,1H3,(H,19,23)(H,20,22)(H,21,24). The molecule has 0 saturated heterocycles. The molecule has 6 nitrogen and oxygen atoms in total. The van der Waals surface area contributed by atoms with Gasteiger partial charge in [-0.05, 0) is 43.5 Å². The maximum Gasteiger partial charge on any atom is 0.269 e. The number of carbonyl (C=O) groups is 3. The van der Waals surface area contributed by atoms with Gasteiger partial charge in [0.1, 0.15) is 0 Å². The molecule has 130 valence electrons. The molecule has 1 saturated carbocycles. The van der Waals surface area contributed by atoms with Crippen molar-refractivity contribution in [3.63, 3.8) is 0 Å². The molecule has 0 unspecified atom stereocenters. The van der Waals surface area contributed by atoms with Crippen molar-refractivity contribution in [3.8, 4) is 0 Å². The smallest absolute Gasteiger partial charge is 0.269 e. The predicted octanol–water partition coefficient (Wildman–Crippen LogP) is 2.77. The van der Waals surface area contributed by atoms with Gasteiger partial charge in [-0.2, -0.15) is 0 Å². The molecule has 0 bridgehead atoms. The van der Waals surface area contributed by atoms with Crippen LogP contribution in [0.4, 0.5) is 5.69 Å². The summed E-state index contributed by atoms with van der Waals surface area (Å²) in [7, 11) is 0. The van der Waals surface area contributed by atoms with E-state index in [9.17, 15) is 14.4 Å². The van der Waals surface area contributed by atoms with Crippen LogP contribution in [-0.2, 0) is 9.59 Å². The Kier molecular flexibility index (Phi) is 6.78. The van der Waals surface area contributed by atoms with Crippen LogP contribution in [0.2, 0.25) is 0 Å². The van der Waals surface area contributed by atoms with Crippen LogP contribution in [0, 0.1) is 5.92 Å². The van der Waals surface area contributed by atoms with E-state index in [0.29, 0.717) is 17.7 Å². The highest BCUT2D eigenvalue weighted by atomic mass is 16.2. The van der Waals surface area contributed by atoms with Crippen molar-refractivity contribution in [1.29, 1.82) is 0 Å². The predicted molar refractivity (Wildman–Crippen MR) is 92.2 cm³/mol. The van der Waals surface area contributed by atoms with Crippen LogP contribution in [0.25, 0.3) is 0 Å². The summed E-state index contributed by atoms with van der Waals surface area (Å²) in [6.07, 6.45) is 6.39. The van der Waals surface area contributed by atoms with Crippen LogP contribution in [-0.4, -0.2) is 17.7 Å². The Morgan fingerprint density at radius 2 is 1.71 bits per heavy atom. The fraction of sp³-hybridized carbons (Fsp3) is 0.500. The van der Waals surface area contributed by atoms with E-state index in [2.05, 4.69) is 23.1 Å². The van der Waals surface area contributed by atoms with Gasteiger partial charge in [-0.3, -0.25) is 25.2 Å². The van der Waals surface area contributed by atoms with E-state index in [0.717, 1.165) is 38.5 Å². The molecular weight excluding hydrogens is 306 g/mol. The SMILES string of the molecule is CCCCCCC(=O)NNC(=O)c1ccc(NC(=O)C2CC2)cc1. The van der Waals surface area contributed by atoms with Gasteiger partial charge in [-0.25, -0.2) is 0 Å². The van der Waals surface area contributed by atoms with Crippen LogP contribution < -0.4 is 16.2 Å². The quantitative estimate of drug-likeness (QED) is 0.505. The van der Waals surface area contributed by atoms with E-state index in [1.54, 1.807) is 24.3 Å². The third-order valence-corrected chi connectivity index (χ3v) is 3.94. The molecule has 0 radical (unpaired) electrons. The summed E-state index contributed by atoms with van der Waals surface area (Å²) in [5, 5.41) is 2.81. The number of benzene rings is 1. The summed E-state index contributed by atoms with van der Waals surface area (Å²) in [6.45, 7) is 2.11. The molecule has 1 aliphatic rings. The average Bonchev–Trinajstić information content (AvgIpc) is 3.42. The molecule has 1 aromatic carbocycles. The molecule has 0 spiro atoms. The molecule has 0 atom stereocenters. The Morgan fingerprint density at radius 1 is 1.00 bits per heavy atom. The fourth-order valence-electron chi connectivity index (χ4n) is 2.27. The Morgan fingerprint density at radius 3 is 2.33 bits per heavy atom. The van der Waals surface area contributed by atoms with E-state index in [1.165, 1.54) is 0 Å². The molecule has 24 heavy (non-hydrogen) atoms. The highest BCUT2D eigenvalue weighted by molar-refractivity contribution is 5.97. The molecule has 0 aliphatic heterocycles. The maximum absolute atomic E-state index is 12.0. The minimum absolute atomic E-state index is 0.0301. The third-order valence-electron chi connectivity index (χ3n) is 3.94. The van der Waals surface area contributed by atoms with Gasteiger partial charge in [0.15, 0.2) is 0 Å². The second-order valence-corrected chi connectivity index (χ2v) is 6.15. The van der Waals surface area contributed by atoms with Crippen molar-refractivity contribution in [2.75, 3.05) is 5.32 Å². The zero-order valence-electron chi connectivity index (χ0n) is 14.1. The number of unbranched alkanes of at least 4 members (excludes halogenated alkanes) is 3. The van der Waals surface area contributed by atoms with E-state index >= 15 is 0 Å². The number of rotatable bonds is 8. The molecule has 3 amide bonds. The van der Waals surface area contributed by atoms with Crippen molar-refractivity contribution in [1.82, 2.24) is 10.9 Å². The molecule has 2 rings (SSSR count). The number of hydrazine groups is 1. The van der Waals surface area contributed by atoms with E-state index < -0.39 is 0 Å². The maximum atomic E-state index is 12.0. The molecule has 1 aliphatic carbocycles. The molecule has 6 heteroatoms. The summed E-state index contributed by atoms with van der Waals surface area (Å²) in [5.74, 6) is -0.396. The number of anilines is 1. The fourth-order valence-corrected chi connectivity index (χ4v) is 2.27. The lowest BCUT2D eigenvalue weighted by Gasteiger charge is -2.08. The van der Waals surface area contributed by atoms with Crippen molar-refractivity contribution >= 4 is 23.4 Å². The molecule has 1 aromatic rings. The van der Waals surface area contributed by atoms with Crippen LogP contribution in [0.15, 0.2) is 24.3 Å². The normalized spacial score (nSPS) is 13.2. The minimum atomic E-state index is -0.378. The second kappa shape index (κ2) is 9.05. The first kappa shape index (κ1) is 18.0. The van der Waals surface area contributed by atoms with Crippen LogP contribution in [0.1, 0.15) is 62.2 Å². The topological polar surface area (TPSA) is 87.3 Å². The van der Waals surface area contributed by atoms with Gasteiger partial charge in [0.25, 0.3) is 5.91 Å². The number of carbonyl (C=O) groups excluding carboxylic acids is 3. The van der Waals surface area contributed by atoms with Gasteiger partial charge in [0, 0.05) is 23.6 Å². The lowest BCUT2D eigenvalue weighted by molar-refractivity contribution is -0.122. The zero-order valence-corrected chi connectivity index (χ0v) is 14.1. The summed E-state index contributed by atoms with van der Waals surface area (Å²) >= 11 is 0.